The zero-order valence-electron chi connectivity index (χ0n) is 13.0. The zero-order chi connectivity index (χ0) is 15.9. The summed E-state index contributed by atoms with van der Waals surface area (Å²) in [6.07, 6.45) is 3.68. The number of pyridine rings is 1. The molecule has 0 unspecified atom stereocenters. The van der Waals surface area contributed by atoms with Crippen molar-refractivity contribution in [1.82, 2.24) is 4.98 Å². The van der Waals surface area contributed by atoms with Gasteiger partial charge in [0.05, 0.1) is 0 Å². The fourth-order valence-electron chi connectivity index (χ4n) is 2.32. The van der Waals surface area contributed by atoms with Crippen molar-refractivity contribution in [3.63, 3.8) is 0 Å². The lowest BCUT2D eigenvalue weighted by atomic mass is 10.0. The minimum Gasteiger partial charge on any atom is -0.325 e. The number of aromatic amines is 1. The lowest BCUT2D eigenvalue weighted by molar-refractivity contribution is 0.778. The molecule has 0 radical (unpaired) electrons. The average Bonchev–Trinajstić information content (AvgIpc) is 2.51. The van der Waals surface area contributed by atoms with E-state index in [2.05, 4.69) is 24.0 Å². The Morgan fingerprint density at radius 2 is 2.09 bits per heavy atom. The van der Waals surface area contributed by atoms with Crippen molar-refractivity contribution in [2.24, 2.45) is 0 Å². The van der Waals surface area contributed by atoms with Crippen LogP contribution in [0.4, 0.5) is 0 Å². The summed E-state index contributed by atoms with van der Waals surface area (Å²) in [7, 11) is 0. The third-order valence-electron chi connectivity index (χ3n) is 3.44. The average molecular weight is 312 g/mol. The number of nitriles is 1. The summed E-state index contributed by atoms with van der Waals surface area (Å²) < 4.78 is 0. The second-order valence-electron chi connectivity index (χ2n) is 5.27. The van der Waals surface area contributed by atoms with Gasteiger partial charge in [0.15, 0.2) is 0 Å². The van der Waals surface area contributed by atoms with E-state index in [1.54, 1.807) is 0 Å². The Morgan fingerprint density at radius 1 is 1.27 bits per heavy atom. The number of hydrogen-bond acceptors (Lipinski definition) is 3. The van der Waals surface area contributed by atoms with Crippen LogP contribution in [0.25, 0.3) is 11.1 Å². The molecule has 1 aromatic heterocycles. The highest BCUT2D eigenvalue weighted by molar-refractivity contribution is 7.99. The Hall–Kier alpha value is -1.99. The highest BCUT2D eigenvalue weighted by Gasteiger charge is 2.10. The van der Waals surface area contributed by atoms with Gasteiger partial charge in [-0.05, 0) is 42.9 Å². The molecule has 2 aromatic rings. The summed E-state index contributed by atoms with van der Waals surface area (Å²) in [6.45, 7) is 4.03. The molecule has 0 aliphatic heterocycles. The first kappa shape index (κ1) is 16.4. The van der Waals surface area contributed by atoms with E-state index < -0.39 is 0 Å². The van der Waals surface area contributed by atoms with Gasteiger partial charge in [-0.15, -0.1) is 11.8 Å². The molecule has 3 nitrogen and oxygen atoms in total. The van der Waals surface area contributed by atoms with Gasteiger partial charge in [0.2, 0.25) is 0 Å². The van der Waals surface area contributed by atoms with Gasteiger partial charge < -0.3 is 4.98 Å². The highest BCUT2D eigenvalue weighted by atomic mass is 32.2. The van der Waals surface area contributed by atoms with Gasteiger partial charge in [0.1, 0.15) is 11.6 Å². The summed E-state index contributed by atoms with van der Waals surface area (Å²) in [5.41, 5.74) is 2.25. The van der Waals surface area contributed by atoms with Crippen LogP contribution in [0.3, 0.4) is 0 Å². The molecule has 1 N–H and O–H groups in total. The summed E-state index contributed by atoms with van der Waals surface area (Å²) in [5, 5.41) is 9.25. The number of nitrogens with zero attached hydrogens (tertiary/aromatic N) is 1. The molecule has 0 amide bonds. The molecule has 0 aliphatic rings. The summed E-state index contributed by atoms with van der Waals surface area (Å²) in [6, 6.07) is 11.9. The maximum absolute atomic E-state index is 11.9. The van der Waals surface area contributed by atoms with Gasteiger partial charge in [-0.3, -0.25) is 4.79 Å². The largest absolute Gasteiger partial charge is 0.325 e. The number of aryl methyl sites for hydroxylation is 1. The van der Waals surface area contributed by atoms with E-state index in [0.29, 0.717) is 5.56 Å². The van der Waals surface area contributed by atoms with Crippen molar-refractivity contribution >= 4 is 11.8 Å². The lowest BCUT2D eigenvalue weighted by Crippen LogP contribution is -2.12. The van der Waals surface area contributed by atoms with Crippen molar-refractivity contribution in [2.45, 2.75) is 38.0 Å². The van der Waals surface area contributed by atoms with Gasteiger partial charge in [0.25, 0.3) is 5.56 Å². The van der Waals surface area contributed by atoms with Crippen molar-refractivity contribution in [3.8, 4) is 17.2 Å². The van der Waals surface area contributed by atoms with Crippen LogP contribution < -0.4 is 5.56 Å². The molecule has 2 rings (SSSR count). The van der Waals surface area contributed by atoms with E-state index >= 15 is 0 Å². The first-order valence-corrected chi connectivity index (χ1v) is 8.51. The molecule has 1 heterocycles. The van der Waals surface area contributed by atoms with E-state index in [1.165, 1.54) is 24.2 Å². The Morgan fingerprint density at radius 3 is 2.82 bits per heavy atom. The predicted octanol–water partition coefficient (Wildman–Crippen LogP) is 4.50. The topological polar surface area (TPSA) is 56.6 Å². The molecule has 1 aromatic carbocycles. The molecule has 0 spiro atoms. The second kappa shape index (κ2) is 7.86. The molecule has 114 valence electrons. The summed E-state index contributed by atoms with van der Waals surface area (Å²) in [5.74, 6) is 1.09. The number of unbranched alkanes of at least 4 members (excludes halogenated alkanes) is 2. The zero-order valence-corrected chi connectivity index (χ0v) is 13.8. The van der Waals surface area contributed by atoms with Gasteiger partial charge in [-0.25, -0.2) is 0 Å². The summed E-state index contributed by atoms with van der Waals surface area (Å²) in [4.78, 5) is 15.8. The molecule has 0 saturated heterocycles. The van der Waals surface area contributed by atoms with Crippen molar-refractivity contribution < 1.29 is 0 Å². The maximum atomic E-state index is 11.9. The van der Waals surface area contributed by atoms with E-state index in [-0.39, 0.29) is 11.1 Å². The molecule has 0 atom stereocenters. The predicted molar refractivity (Wildman–Crippen MR) is 92.2 cm³/mol. The van der Waals surface area contributed by atoms with E-state index in [0.717, 1.165) is 17.0 Å². The lowest BCUT2D eigenvalue weighted by Gasteiger charge is -2.08. The van der Waals surface area contributed by atoms with Gasteiger partial charge in [-0.2, -0.15) is 5.26 Å². The number of hydrogen-bond donors (Lipinski definition) is 1. The van der Waals surface area contributed by atoms with Crippen molar-refractivity contribution in [1.29, 1.82) is 5.26 Å². The Balaban J connectivity index is 2.30. The minimum atomic E-state index is -0.321. The Labute approximate surface area is 135 Å². The first-order chi connectivity index (χ1) is 10.7. The quantitative estimate of drug-likeness (QED) is 0.631. The van der Waals surface area contributed by atoms with Crippen LogP contribution >= 0.6 is 11.8 Å². The highest BCUT2D eigenvalue weighted by Crippen LogP contribution is 2.27. The molecule has 0 saturated carbocycles. The van der Waals surface area contributed by atoms with Crippen LogP contribution in [0.5, 0.6) is 0 Å². The van der Waals surface area contributed by atoms with E-state index in [1.807, 2.05) is 43.0 Å². The third-order valence-corrected chi connectivity index (χ3v) is 4.52. The van der Waals surface area contributed by atoms with E-state index in [4.69, 9.17) is 0 Å². The second-order valence-corrected chi connectivity index (χ2v) is 6.43. The van der Waals surface area contributed by atoms with Crippen LogP contribution in [0.1, 0.15) is 37.4 Å². The number of benzene rings is 1. The van der Waals surface area contributed by atoms with Crippen LogP contribution in [-0.2, 0) is 0 Å². The van der Waals surface area contributed by atoms with E-state index in [9.17, 15) is 10.1 Å². The number of rotatable bonds is 6. The Kier molecular flexibility index (Phi) is 5.85. The standard InChI is InChI=1S/C18H20N2OS/c1-3-4-5-9-22-15-8-6-7-14(11-15)16-10-13(2)20-18(21)17(16)12-19/h6-8,10-11H,3-5,9H2,1-2H3,(H,20,21). The molecular weight excluding hydrogens is 292 g/mol. The van der Waals surface area contributed by atoms with Gasteiger partial charge in [-0.1, -0.05) is 31.9 Å². The number of aromatic nitrogens is 1. The fourth-order valence-corrected chi connectivity index (χ4v) is 3.29. The van der Waals surface area contributed by atoms with Gasteiger partial charge >= 0.3 is 0 Å². The molecule has 0 aliphatic carbocycles. The first-order valence-electron chi connectivity index (χ1n) is 7.53. The van der Waals surface area contributed by atoms with Crippen LogP contribution in [-0.4, -0.2) is 10.7 Å². The smallest absolute Gasteiger partial charge is 0.266 e. The van der Waals surface area contributed by atoms with Crippen LogP contribution in [0.2, 0.25) is 0 Å². The van der Waals surface area contributed by atoms with Gasteiger partial charge in [0, 0.05) is 16.2 Å². The third kappa shape index (κ3) is 4.02. The monoisotopic (exact) mass is 312 g/mol. The maximum Gasteiger partial charge on any atom is 0.266 e. The SMILES string of the molecule is CCCCCSc1cccc(-c2cc(C)[nH]c(=O)c2C#N)c1. The number of nitrogens with one attached hydrogen (secondary N) is 1. The molecule has 0 fully saturated rings. The summed E-state index contributed by atoms with van der Waals surface area (Å²) >= 11 is 1.82. The Bertz CT molecular complexity index is 743. The number of H-pyrrole nitrogens is 1. The van der Waals surface area contributed by atoms with Crippen molar-refractivity contribution in [3.05, 3.63) is 51.9 Å². The van der Waals surface area contributed by atoms with Crippen molar-refractivity contribution in [2.75, 3.05) is 5.75 Å². The fraction of sp³-hybridized carbons (Fsp3) is 0.333. The molecule has 22 heavy (non-hydrogen) atoms. The van der Waals surface area contributed by atoms with Crippen LogP contribution in [0.15, 0.2) is 40.0 Å². The minimum absolute atomic E-state index is 0.179. The van der Waals surface area contributed by atoms with Crippen LogP contribution in [0, 0.1) is 18.3 Å². The molecule has 0 bridgehead atoms. The number of thioether (sulfide) groups is 1. The normalized spacial score (nSPS) is 10.4. The molecular formula is C18H20N2OS. The molecule has 4 heteroatoms.